The van der Waals surface area contributed by atoms with Crippen LogP contribution < -0.4 is 10.6 Å². The number of ether oxygens (including phenoxy) is 1. The van der Waals surface area contributed by atoms with E-state index in [9.17, 15) is 9.18 Å². The number of nitrogens with one attached hydrogen (secondary N) is 2. The minimum atomic E-state index is -0.670. The second kappa shape index (κ2) is 5.96. The maximum absolute atomic E-state index is 12.7. The van der Waals surface area contributed by atoms with Gasteiger partial charge in [0.15, 0.2) is 5.11 Å². The van der Waals surface area contributed by atoms with E-state index in [0.717, 1.165) is 0 Å². The van der Waals surface area contributed by atoms with Gasteiger partial charge in [-0.1, -0.05) is 6.07 Å². The lowest BCUT2D eigenvalue weighted by Gasteiger charge is -2.08. The molecule has 0 radical (unpaired) electrons. The maximum atomic E-state index is 12.7. The van der Waals surface area contributed by atoms with Crippen LogP contribution in [0.15, 0.2) is 18.2 Å². The summed E-state index contributed by atoms with van der Waals surface area (Å²) in [5.74, 6) is -0.425. The number of rotatable bonds is 2. The fourth-order valence-electron chi connectivity index (χ4n) is 0.885. The van der Waals surface area contributed by atoms with Crippen molar-refractivity contribution in [2.45, 2.75) is 6.92 Å². The van der Waals surface area contributed by atoms with Crippen LogP contribution in [0.3, 0.4) is 0 Å². The molecule has 0 aromatic carbocycles. The highest BCUT2D eigenvalue weighted by molar-refractivity contribution is 7.80. The molecule has 1 aromatic rings. The smallest absolute Gasteiger partial charge is 0.413 e. The van der Waals surface area contributed by atoms with Crippen molar-refractivity contribution in [3.05, 3.63) is 24.1 Å². The second-order valence-corrected chi connectivity index (χ2v) is 3.05. The third kappa shape index (κ3) is 4.18. The summed E-state index contributed by atoms with van der Waals surface area (Å²) in [6.45, 7) is 1.91. The van der Waals surface area contributed by atoms with Gasteiger partial charge in [-0.3, -0.25) is 5.32 Å². The fourth-order valence-corrected chi connectivity index (χ4v) is 1.07. The Hall–Kier alpha value is -1.76. The minimum absolute atomic E-state index is 0.00319. The number of amides is 1. The highest BCUT2D eigenvalue weighted by atomic mass is 32.1. The van der Waals surface area contributed by atoms with E-state index in [-0.39, 0.29) is 17.5 Å². The molecule has 0 fully saturated rings. The van der Waals surface area contributed by atoms with Crippen LogP contribution in [0.25, 0.3) is 0 Å². The first kappa shape index (κ1) is 12.3. The third-order valence-electron chi connectivity index (χ3n) is 1.45. The van der Waals surface area contributed by atoms with Crippen LogP contribution in [0.5, 0.6) is 0 Å². The number of carbonyl (C=O) groups excluding carboxylic acids is 1. The summed E-state index contributed by atoms with van der Waals surface area (Å²) in [7, 11) is 0. The Balaban J connectivity index is 2.48. The second-order valence-electron chi connectivity index (χ2n) is 2.65. The Kier molecular flexibility index (Phi) is 4.59. The van der Waals surface area contributed by atoms with E-state index in [1.165, 1.54) is 18.2 Å². The van der Waals surface area contributed by atoms with Gasteiger partial charge >= 0.3 is 6.09 Å². The Bertz CT molecular complexity index is 400. The van der Waals surface area contributed by atoms with Crippen molar-refractivity contribution in [3.63, 3.8) is 0 Å². The Morgan fingerprint density at radius 1 is 1.62 bits per heavy atom. The van der Waals surface area contributed by atoms with Gasteiger partial charge in [0.25, 0.3) is 0 Å². The van der Waals surface area contributed by atoms with E-state index in [0.29, 0.717) is 0 Å². The molecule has 0 aliphatic rings. The van der Waals surface area contributed by atoms with Crippen molar-refractivity contribution in [1.82, 2.24) is 10.3 Å². The van der Waals surface area contributed by atoms with Gasteiger partial charge in [-0.2, -0.15) is 4.39 Å². The van der Waals surface area contributed by atoms with E-state index < -0.39 is 12.0 Å². The molecule has 0 saturated heterocycles. The van der Waals surface area contributed by atoms with Gasteiger partial charge in [0, 0.05) is 0 Å². The standard InChI is InChI=1S/C9H10FN3O2S/c1-2-15-9(14)13-8(16)12-7-5-3-4-6(10)11-7/h3-5H,2H2,1H3,(H2,11,12,13,14,16). The largest absolute Gasteiger partial charge is 0.450 e. The van der Waals surface area contributed by atoms with Gasteiger partial charge in [0.2, 0.25) is 5.95 Å². The average Bonchev–Trinajstić information content (AvgIpc) is 2.17. The molecule has 1 amide bonds. The van der Waals surface area contributed by atoms with Crippen molar-refractivity contribution in [3.8, 4) is 0 Å². The van der Waals surface area contributed by atoms with Crippen molar-refractivity contribution in [2.75, 3.05) is 11.9 Å². The summed E-state index contributed by atoms with van der Waals surface area (Å²) in [4.78, 5) is 14.5. The molecule has 0 bridgehead atoms. The number of hydrogen-bond donors (Lipinski definition) is 2. The molecule has 5 nitrogen and oxygen atoms in total. The fraction of sp³-hybridized carbons (Fsp3) is 0.222. The summed E-state index contributed by atoms with van der Waals surface area (Å²) in [5, 5.41) is 4.78. The maximum Gasteiger partial charge on any atom is 0.413 e. The van der Waals surface area contributed by atoms with Crippen molar-refractivity contribution in [1.29, 1.82) is 0 Å². The lowest BCUT2D eigenvalue weighted by atomic mass is 10.4. The zero-order valence-corrected chi connectivity index (χ0v) is 9.31. The molecule has 0 aliphatic heterocycles. The predicted molar refractivity (Wildman–Crippen MR) is 60.6 cm³/mol. The number of halogens is 1. The van der Waals surface area contributed by atoms with Gasteiger partial charge in [-0.15, -0.1) is 0 Å². The van der Waals surface area contributed by atoms with Gasteiger partial charge in [-0.05, 0) is 31.3 Å². The molecule has 0 aliphatic carbocycles. The first-order chi connectivity index (χ1) is 7.61. The molecule has 1 aromatic heterocycles. The number of hydrogen-bond acceptors (Lipinski definition) is 4. The number of anilines is 1. The highest BCUT2D eigenvalue weighted by Crippen LogP contribution is 2.02. The summed E-state index contributed by atoms with van der Waals surface area (Å²) in [6.07, 6.45) is -0.670. The Morgan fingerprint density at radius 2 is 2.38 bits per heavy atom. The van der Waals surface area contributed by atoms with E-state index in [1.54, 1.807) is 6.92 Å². The molecule has 2 N–H and O–H groups in total. The summed E-state index contributed by atoms with van der Waals surface area (Å²) >= 11 is 4.78. The van der Waals surface area contributed by atoms with Gasteiger partial charge < -0.3 is 10.1 Å². The van der Waals surface area contributed by atoms with Crippen LogP contribution >= 0.6 is 12.2 Å². The van der Waals surface area contributed by atoms with E-state index >= 15 is 0 Å². The van der Waals surface area contributed by atoms with Crippen LogP contribution in [0.4, 0.5) is 15.0 Å². The molecule has 0 unspecified atom stereocenters. The number of carbonyl (C=O) groups is 1. The van der Waals surface area contributed by atoms with Gasteiger partial charge in [0.05, 0.1) is 6.61 Å². The van der Waals surface area contributed by atoms with Crippen LogP contribution in [0.1, 0.15) is 6.92 Å². The van der Waals surface area contributed by atoms with Gasteiger partial charge in [-0.25, -0.2) is 9.78 Å². The van der Waals surface area contributed by atoms with Crippen molar-refractivity contribution >= 4 is 29.2 Å². The van der Waals surface area contributed by atoms with Gasteiger partial charge in [0.1, 0.15) is 5.82 Å². The monoisotopic (exact) mass is 243 g/mol. The average molecular weight is 243 g/mol. The number of pyridine rings is 1. The molecule has 0 atom stereocenters. The Labute approximate surface area is 97.0 Å². The molecule has 1 heterocycles. The predicted octanol–water partition coefficient (Wildman–Crippen LogP) is 1.66. The molecule has 1 rings (SSSR count). The first-order valence-electron chi connectivity index (χ1n) is 4.49. The molecule has 86 valence electrons. The molecular weight excluding hydrogens is 233 g/mol. The van der Waals surface area contributed by atoms with Crippen LogP contribution in [-0.4, -0.2) is 22.8 Å². The number of nitrogens with zero attached hydrogens (tertiary/aromatic N) is 1. The zero-order valence-electron chi connectivity index (χ0n) is 8.49. The molecule has 0 spiro atoms. The lowest BCUT2D eigenvalue weighted by Crippen LogP contribution is -2.34. The van der Waals surface area contributed by atoms with Crippen LogP contribution in [0.2, 0.25) is 0 Å². The van der Waals surface area contributed by atoms with E-state index in [4.69, 9.17) is 12.2 Å². The quantitative estimate of drug-likeness (QED) is 0.611. The lowest BCUT2D eigenvalue weighted by molar-refractivity contribution is 0.158. The Morgan fingerprint density at radius 3 is 3.00 bits per heavy atom. The summed E-state index contributed by atoms with van der Waals surface area (Å²) in [5.41, 5.74) is 0. The van der Waals surface area contributed by atoms with E-state index in [2.05, 4.69) is 20.4 Å². The minimum Gasteiger partial charge on any atom is -0.450 e. The summed E-state index contributed by atoms with van der Waals surface area (Å²) in [6, 6.07) is 4.19. The van der Waals surface area contributed by atoms with Crippen LogP contribution in [0, 0.1) is 5.95 Å². The SMILES string of the molecule is CCOC(=O)NC(=S)Nc1cccc(F)n1. The number of thiocarbonyl (C=S) groups is 1. The summed E-state index contributed by atoms with van der Waals surface area (Å²) < 4.78 is 17.3. The molecular formula is C9H10FN3O2S. The highest BCUT2D eigenvalue weighted by Gasteiger charge is 2.05. The number of alkyl carbamates (subject to hydrolysis) is 1. The number of aromatic nitrogens is 1. The van der Waals surface area contributed by atoms with Crippen LogP contribution in [-0.2, 0) is 4.74 Å². The molecule has 16 heavy (non-hydrogen) atoms. The normalized spacial score (nSPS) is 9.38. The van der Waals surface area contributed by atoms with E-state index in [1.807, 2.05) is 0 Å². The molecule has 0 saturated carbocycles. The third-order valence-corrected chi connectivity index (χ3v) is 1.65. The first-order valence-corrected chi connectivity index (χ1v) is 4.90. The topological polar surface area (TPSA) is 63.2 Å². The van der Waals surface area contributed by atoms with Crippen molar-refractivity contribution in [2.24, 2.45) is 0 Å². The van der Waals surface area contributed by atoms with Crippen molar-refractivity contribution < 1.29 is 13.9 Å². The zero-order chi connectivity index (χ0) is 12.0. The molecule has 7 heteroatoms.